The number of carboxylic acid groups (broad SMARTS) is 1. The Bertz CT molecular complexity index is 424. The number of nitrogens with one attached hydrogen (secondary N) is 1. The van der Waals surface area contributed by atoms with E-state index >= 15 is 0 Å². The van der Waals surface area contributed by atoms with Crippen LogP contribution in [0.4, 0.5) is 4.79 Å². The fourth-order valence-electron chi connectivity index (χ4n) is 2.93. The van der Waals surface area contributed by atoms with Gasteiger partial charge in [-0.2, -0.15) is 0 Å². The van der Waals surface area contributed by atoms with Gasteiger partial charge in [-0.3, -0.25) is 4.90 Å². The highest BCUT2D eigenvalue weighted by Crippen LogP contribution is 2.28. The summed E-state index contributed by atoms with van der Waals surface area (Å²) >= 11 is 0. The molecule has 1 aliphatic rings. The fourth-order valence-corrected chi connectivity index (χ4v) is 2.93. The molecule has 110 valence electrons. The lowest BCUT2D eigenvalue weighted by Crippen LogP contribution is -2.48. The molecule has 0 bridgehead atoms. The van der Waals surface area contributed by atoms with E-state index < -0.39 is 6.09 Å². The van der Waals surface area contributed by atoms with Crippen molar-refractivity contribution in [2.45, 2.75) is 31.3 Å². The summed E-state index contributed by atoms with van der Waals surface area (Å²) in [5.74, 6) is 0. The normalized spacial score (nSPS) is 21.4. The number of benzene rings is 1. The highest BCUT2D eigenvalue weighted by molar-refractivity contribution is 5.64. The summed E-state index contributed by atoms with van der Waals surface area (Å²) in [5.41, 5.74) is 1.08. The molecule has 0 radical (unpaired) electrons. The lowest BCUT2D eigenvalue weighted by Gasteiger charge is -2.40. The van der Waals surface area contributed by atoms with Crippen molar-refractivity contribution in [3.8, 4) is 0 Å². The maximum absolute atomic E-state index is 10.7. The standard InChI is InChI=1S/C15H22N2O3/c18-11-14(12-6-2-1-3-7-12)17-9-5-4-8-13(17)10-16-15(19)20/h1-3,6-7,13-14,16,18H,4-5,8-11H2,(H,19,20)/t13-,14-/m0/s1. The predicted molar refractivity (Wildman–Crippen MR) is 76.6 cm³/mol. The molecule has 1 aliphatic heterocycles. The molecule has 0 spiro atoms. The Morgan fingerprint density at radius 3 is 2.75 bits per heavy atom. The van der Waals surface area contributed by atoms with Crippen LogP contribution in [0.15, 0.2) is 30.3 Å². The van der Waals surface area contributed by atoms with E-state index in [1.165, 1.54) is 0 Å². The largest absolute Gasteiger partial charge is 0.465 e. The Balaban J connectivity index is 2.10. The third kappa shape index (κ3) is 3.71. The van der Waals surface area contributed by atoms with Crippen molar-refractivity contribution < 1.29 is 15.0 Å². The predicted octanol–water partition coefficient (Wildman–Crippen LogP) is 1.84. The second-order valence-electron chi connectivity index (χ2n) is 5.18. The van der Waals surface area contributed by atoms with E-state index in [0.717, 1.165) is 31.4 Å². The average Bonchev–Trinajstić information content (AvgIpc) is 2.48. The molecule has 5 heteroatoms. The van der Waals surface area contributed by atoms with Crippen LogP contribution in [0.25, 0.3) is 0 Å². The quantitative estimate of drug-likeness (QED) is 0.768. The van der Waals surface area contributed by atoms with Crippen LogP contribution < -0.4 is 5.32 Å². The molecule has 1 amide bonds. The maximum Gasteiger partial charge on any atom is 0.404 e. The molecule has 2 rings (SSSR count). The summed E-state index contributed by atoms with van der Waals surface area (Å²) in [6, 6.07) is 10.00. The van der Waals surface area contributed by atoms with Gasteiger partial charge in [-0.25, -0.2) is 4.79 Å². The lowest BCUT2D eigenvalue weighted by molar-refractivity contribution is 0.0562. The van der Waals surface area contributed by atoms with Crippen LogP contribution in [0.5, 0.6) is 0 Å². The first-order chi connectivity index (χ1) is 9.72. The minimum atomic E-state index is -0.990. The molecule has 0 aliphatic carbocycles. The number of carbonyl (C=O) groups is 1. The first kappa shape index (κ1) is 14.8. The Labute approximate surface area is 119 Å². The van der Waals surface area contributed by atoms with Gasteiger partial charge in [0.15, 0.2) is 0 Å². The zero-order valence-corrected chi connectivity index (χ0v) is 11.5. The van der Waals surface area contributed by atoms with Crippen LogP contribution >= 0.6 is 0 Å². The molecule has 1 saturated heterocycles. The second-order valence-corrected chi connectivity index (χ2v) is 5.18. The van der Waals surface area contributed by atoms with Crippen LogP contribution in [-0.2, 0) is 0 Å². The van der Waals surface area contributed by atoms with Crippen molar-refractivity contribution in [1.82, 2.24) is 10.2 Å². The average molecular weight is 278 g/mol. The summed E-state index contributed by atoms with van der Waals surface area (Å²) in [6.45, 7) is 1.36. The van der Waals surface area contributed by atoms with E-state index in [0.29, 0.717) is 6.54 Å². The Morgan fingerprint density at radius 2 is 2.10 bits per heavy atom. The maximum atomic E-state index is 10.7. The molecule has 1 fully saturated rings. The van der Waals surface area contributed by atoms with Gasteiger partial charge in [0.2, 0.25) is 0 Å². The van der Waals surface area contributed by atoms with Gasteiger partial charge in [0.25, 0.3) is 0 Å². The van der Waals surface area contributed by atoms with E-state index in [1.807, 2.05) is 30.3 Å². The van der Waals surface area contributed by atoms with E-state index in [-0.39, 0.29) is 18.7 Å². The van der Waals surface area contributed by atoms with Crippen LogP contribution in [-0.4, -0.2) is 46.9 Å². The van der Waals surface area contributed by atoms with E-state index in [9.17, 15) is 9.90 Å². The first-order valence-electron chi connectivity index (χ1n) is 7.10. The molecule has 2 atom stereocenters. The third-order valence-electron chi connectivity index (χ3n) is 3.92. The molecule has 3 N–H and O–H groups in total. The summed E-state index contributed by atoms with van der Waals surface area (Å²) in [4.78, 5) is 12.9. The number of nitrogens with zero attached hydrogens (tertiary/aromatic N) is 1. The summed E-state index contributed by atoms with van der Waals surface area (Å²) < 4.78 is 0. The van der Waals surface area contributed by atoms with Crippen molar-refractivity contribution in [2.24, 2.45) is 0 Å². The zero-order valence-electron chi connectivity index (χ0n) is 11.5. The number of amides is 1. The Hall–Kier alpha value is -1.59. The van der Waals surface area contributed by atoms with Gasteiger partial charge in [0.1, 0.15) is 0 Å². The van der Waals surface area contributed by atoms with Crippen molar-refractivity contribution in [1.29, 1.82) is 0 Å². The lowest BCUT2D eigenvalue weighted by atomic mass is 9.96. The number of likely N-dealkylation sites (tertiary alicyclic amines) is 1. The van der Waals surface area contributed by atoms with Gasteiger partial charge >= 0.3 is 6.09 Å². The van der Waals surface area contributed by atoms with E-state index in [4.69, 9.17) is 5.11 Å². The van der Waals surface area contributed by atoms with Crippen LogP contribution in [0, 0.1) is 0 Å². The Kier molecular flexibility index (Phi) is 5.38. The molecule has 1 aromatic carbocycles. The minimum absolute atomic E-state index is 0.0492. The van der Waals surface area contributed by atoms with Crippen molar-refractivity contribution in [3.63, 3.8) is 0 Å². The molecular formula is C15H22N2O3. The number of aliphatic hydroxyl groups is 1. The highest BCUT2D eigenvalue weighted by Gasteiger charge is 2.29. The number of hydrogen-bond acceptors (Lipinski definition) is 3. The van der Waals surface area contributed by atoms with Crippen molar-refractivity contribution in [3.05, 3.63) is 35.9 Å². The SMILES string of the molecule is O=C(O)NC[C@@H]1CCCCN1[C@@H](CO)c1ccccc1. The van der Waals surface area contributed by atoms with E-state index in [1.54, 1.807) is 0 Å². The fraction of sp³-hybridized carbons (Fsp3) is 0.533. The van der Waals surface area contributed by atoms with Gasteiger partial charge in [-0.05, 0) is 24.9 Å². The monoisotopic (exact) mass is 278 g/mol. The van der Waals surface area contributed by atoms with Crippen LogP contribution in [0.2, 0.25) is 0 Å². The summed E-state index contributed by atoms with van der Waals surface area (Å²) in [7, 11) is 0. The van der Waals surface area contributed by atoms with Gasteiger partial charge in [0.05, 0.1) is 12.6 Å². The Morgan fingerprint density at radius 1 is 1.35 bits per heavy atom. The van der Waals surface area contributed by atoms with Gasteiger partial charge in [-0.1, -0.05) is 36.8 Å². The van der Waals surface area contributed by atoms with Gasteiger partial charge < -0.3 is 15.5 Å². The summed E-state index contributed by atoms with van der Waals surface area (Å²) in [5, 5.41) is 21.0. The van der Waals surface area contributed by atoms with Gasteiger partial charge in [0, 0.05) is 12.6 Å². The zero-order chi connectivity index (χ0) is 14.4. The molecular weight excluding hydrogens is 256 g/mol. The molecule has 1 heterocycles. The molecule has 0 unspecified atom stereocenters. The van der Waals surface area contributed by atoms with Crippen LogP contribution in [0.1, 0.15) is 30.9 Å². The number of aliphatic hydroxyl groups excluding tert-OH is 1. The number of hydrogen-bond donors (Lipinski definition) is 3. The summed E-state index contributed by atoms with van der Waals surface area (Å²) in [6.07, 6.45) is 2.17. The molecule has 20 heavy (non-hydrogen) atoms. The highest BCUT2D eigenvalue weighted by atomic mass is 16.4. The van der Waals surface area contributed by atoms with Gasteiger partial charge in [-0.15, -0.1) is 0 Å². The second kappa shape index (κ2) is 7.26. The van der Waals surface area contributed by atoms with Crippen LogP contribution in [0.3, 0.4) is 0 Å². The third-order valence-corrected chi connectivity index (χ3v) is 3.92. The van der Waals surface area contributed by atoms with Crippen molar-refractivity contribution >= 4 is 6.09 Å². The molecule has 0 saturated carbocycles. The molecule has 1 aromatic rings. The smallest absolute Gasteiger partial charge is 0.404 e. The minimum Gasteiger partial charge on any atom is -0.465 e. The van der Waals surface area contributed by atoms with Crippen molar-refractivity contribution in [2.75, 3.05) is 19.7 Å². The topological polar surface area (TPSA) is 72.8 Å². The number of rotatable bonds is 5. The molecule has 0 aromatic heterocycles. The number of piperidine rings is 1. The van der Waals surface area contributed by atoms with E-state index in [2.05, 4.69) is 10.2 Å². The molecule has 5 nitrogen and oxygen atoms in total. The first-order valence-corrected chi connectivity index (χ1v) is 7.10.